The number of aliphatic hydroxyl groups excluding tert-OH is 1. The largest absolute Gasteiger partial charge is 0.478 e. The number of halogens is 1. The summed E-state index contributed by atoms with van der Waals surface area (Å²) in [6.07, 6.45) is 11.2. The van der Waals surface area contributed by atoms with Crippen LogP contribution in [0.15, 0.2) is 54.6 Å². The molecule has 0 bridgehead atoms. The molecule has 5 aliphatic carbocycles. The number of rotatable bonds is 10. The van der Waals surface area contributed by atoms with Gasteiger partial charge in [0.15, 0.2) is 0 Å². The molecule has 0 spiro atoms. The molecule has 0 radical (unpaired) electrons. The van der Waals surface area contributed by atoms with Gasteiger partial charge in [-0.05, 0) is 171 Å². The fourth-order valence-corrected chi connectivity index (χ4v) is 14.2. The van der Waals surface area contributed by atoms with Gasteiger partial charge in [0.2, 0.25) is 5.91 Å². The van der Waals surface area contributed by atoms with Crippen LogP contribution in [0.25, 0.3) is 0 Å². The molecule has 56 heavy (non-hydrogen) atoms. The van der Waals surface area contributed by atoms with E-state index in [4.69, 9.17) is 5.11 Å². The SMILES string of the molecule is C=C(C)[C@@H]1CC[C@]2(C(=O)NCCc3cccc(C(=O)NCCc4ccc(C(=O)O)cc4F)c3)CC[C@]3(C)C(CCC4[C@@]5(C)CC[C@H](O)C(C)(C)C5CC[C@]43C)C12. The number of carbonyl (C=O) groups excluding carboxylic acids is 2. The van der Waals surface area contributed by atoms with Gasteiger partial charge < -0.3 is 20.8 Å². The van der Waals surface area contributed by atoms with Gasteiger partial charge in [-0.2, -0.15) is 0 Å². The Bertz CT molecular complexity index is 1890. The van der Waals surface area contributed by atoms with Gasteiger partial charge in [-0.25, -0.2) is 9.18 Å². The molecule has 7 rings (SSSR count). The first kappa shape index (κ1) is 40.7. The zero-order valence-corrected chi connectivity index (χ0v) is 34.6. The van der Waals surface area contributed by atoms with Crippen molar-refractivity contribution in [3.8, 4) is 0 Å². The first-order chi connectivity index (χ1) is 26.4. The highest BCUT2D eigenvalue weighted by Crippen LogP contribution is 2.77. The zero-order valence-electron chi connectivity index (χ0n) is 34.6. The predicted octanol–water partition coefficient (Wildman–Crippen LogP) is 9.17. The summed E-state index contributed by atoms with van der Waals surface area (Å²) in [5, 5.41) is 26.5. The number of benzene rings is 2. The maximum atomic E-state index is 14.6. The average Bonchev–Trinajstić information content (AvgIpc) is 3.56. The van der Waals surface area contributed by atoms with E-state index in [1.807, 2.05) is 18.2 Å². The Morgan fingerprint density at radius 3 is 2.27 bits per heavy atom. The van der Waals surface area contributed by atoms with Crippen molar-refractivity contribution in [1.82, 2.24) is 10.6 Å². The van der Waals surface area contributed by atoms with Crippen molar-refractivity contribution in [2.24, 2.45) is 56.7 Å². The molecule has 0 aliphatic heterocycles. The van der Waals surface area contributed by atoms with Gasteiger partial charge in [-0.3, -0.25) is 9.59 Å². The molecule has 0 heterocycles. The number of carboxylic acids is 1. The molecule has 4 N–H and O–H groups in total. The van der Waals surface area contributed by atoms with Crippen LogP contribution in [-0.4, -0.2) is 47.2 Å². The van der Waals surface area contributed by atoms with Crippen LogP contribution in [-0.2, 0) is 17.6 Å². The molecule has 8 heteroatoms. The van der Waals surface area contributed by atoms with Crippen LogP contribution in [0.2, 0.25) is 0 Å². The number of carbonyl (C=O) groups is 3. The third-order valence-corrected chi connectivity index (χ3v) is 17.4. The third-order valence-electron chi connectivity index (χ3n) is 17.4. The second-order valence-electron chi connectivity index (χ2n) is 20.0. The number of hydrogen-bond donors (Lipinski definition) is 4. The number of carboxylic acid groups (broad SMARTS) is 1. The standard InChI is InChI=1S/C48H65FN2O5/c1-29(2)34-15-22-48(24-23-46(6)35(40(34)48)13-14-38-45(5)20-17-39(52)44(3,4)37(45)16-21-47(38,46)7)43(56)51-25-18-30-9-8-10-32(27-30)41(53)50-26-19-31-11-12-33(42(54)55)28-36(31)49/h8-12,27-28,34-35,37-40,52H,1,13-26H2,2-7H3,(H,50,53)(H,51,56)(H,54,55)/t34-,35?,37?,38?,39-,40?,45-,46+,47+,48-/m0/s1. The Morgan fingerprint density at radius 1 is 0.804 bits per heavy atom. The molecule has 2 aromatic carbocycles. The maximum absolute atomic E-state index is 14.6. The summed E-state index contributed by atoms with van der Waals surface area (Å²) >= 11 is 0. The van der Waals surface area contributed by atoms with Gasteiger partial charge in [-0.1, -0.05) is 65.0 Å². The molecule has 2 amide bonds. The lowest BCUT2D eigenvalue weighted by molar-refractivity contribution is -0.246. The van der Waals surface area contributed by atoms with Crippen LogP contribution in [0.1, 0.15) is 138 Å². The summed E-state index contributed by atoms with van der Waals surface area (Å²) in [7, 11) is 0. The van der Waals surface area contributed by atoms with E-state index >= 15 is 0 Å². The van der Waals surface area contributed by atoms with E-state index in [1.54, 1.807) is 6.07 Å². The molecule has 5 aliphatic rings. The van der Waals surface area contributed by atoms with E-state index in [9.17, 15) is 23.9 Å². The monoisotopic (exact) mass is 768 g/mol. The number of nitrogens with one attached hydrogen (secondary N) is 2. The molecule has 5 saturated carbocycles. The Hall–Kier alpha value is -3.52. The number of aliphatic hydroxyl groups is 1. The van der Waals surface area contributed by atoms with Crippen LogP contribution < -0.4 is 10.6 Å². The molecule has 2 aromatic rings. The predicted molar refractivity (Wildman–Crippen MR) is 218 cm³/mol. The second kappa shape index (κ2) is 14.7. The lowest BCUT2D eigenvalue weighted by atomic mass is 9.32. The quantitative estimate of drug-likeness (QED) is 0.180. The summed E-state index contributed by atoms with van der Waals surface area (Å²) in [6.45, 7) is 19.8. The fraction of sp³-hybridized carbons (Fsp3) is 0.646. The summed E-state index contributed by atoms with van der Waals surface area (Å²) in [5.74, 6) is 0.367. The molecular formula is C48H65FN2O5. The van der Waals surface area contributed by atoms with E-state index < -0.39 is 17.2 Å². The van der Waals surface area contributed by atoms with Crippen LogP contribution in [0.4, 0.5) is 4.39 Å². The zero-order chi connectivity index (χ0) is 40.4. The molecule has 0 saturated heterocycles. The normalized spacial score (nSPS) is 36.9. The minimum Gasteiger partial charge on any atom is -0.478 e. The van der Waals surface area contributed by atoms with Crippen molar-refractivity contribution in [3.05, 3.63) is 82.7 Å². The number of amides is 2. The highest BCUT2D eigenvalue weighted by Gasteiger charge is 2.71. The van der Waals surface area contributed by atoms with Crippen LogP contribution in [0.3, 0.4) is 0 Å². The summed E-state index contributed by atoms with van der Waals surface area (Å²) in [4.78, 5) is 38.8. The van der Waals surface area contributed by atoms with Crippen molar-refractivity contribution in [3.63, 3.8) is 0 Å². The van der Waals surface area contributed by atoms with Crippen LogP contribution in [0, 0.1) is 62.5 Å². The molecule has 4 unspecified atom stereocenters. The molecular weight excluding hydrogens is 704 g/mol. The van der Waals surface area contributed by atoms with Gasteiger partial charge in [-0.15, -0.1) is 0 Å². The Balaban J connectivity index is 1.02. The first-order valence-corrected chi connectivity index (χ1v) is 21.4. The fourth-order valence-electron chi connectivity index (χ4n) is 14.2. The van der Waals surface area contributed by atoms with Crippen molar-refractivity contribution >= 4 is 17.8 Å². The third kappa shape index (κ3) is 6.44. The summed E-state index contributed by atoms with van der Waals surface area (Å²) in [6, 6.07) is 11.2. The minimum atomic E-state index is -1.19. The lowest BCUT2D eigenvalue weighted by Crippen LogP contribution is -2.67. The molecule has 5 fully saturated rings. The van der Waals surface area contributed by atoms with Crippen molar-refractivity contribution in [1.29, 1.82) is 0 Å². The summed E-state index contributed by atoms with van der Waals surface area (Å²) < 4.78 is 14.4. The van der Waals surface area contributed by atoms with Gasteiger partial charge in [0.25, 0.3) is 5.91 Å². The number of hydrogen-bond acceptors (Lipinski definition) is 4. The van der Waals surface area contributed by atoms with E-state index in [1.165, 1.54) is 37.0 Å². The van der Waals surface area contributed by atoms with E-state index in [0.29, 0.717) is 47.8 Å². The van der Waals surface area contributed by atoms with E-state index in [0.717, 1.165) is 56.6 Å². The highest BCUT2D eigenvalue weighted by molar-refractivity contribution is 5.94. The van der Waals surface area contributed by atoms with Crippen LogP contribution >= 0.6 is 0 Å². The van der Waals surface area contributed by atoms with Crippen LogP contribution in [0.5, 0.6) is 0 Å². The molecule has 7 nitrogen and oxygen atoms in total. The highest BCUT2D eigenvalue weighted by atomic mass is 19.1. The lowest BCUT2D eigenvalue weighted by Gasteiger charge is -2.72. The number of aromatic carboxylic acids is 1. The topological polar surface area (TPSA) is 116 Å². The molecule has 304 valence electrons. The second-order valence-corrected chi connectivity index (χ2v) is 20.0. The number of allylic oxidation sites excluding steroid dienone is 1. The Labute approximate surface area is 333 Å². The number of fused-ring (bicyclic) bond motifs is 7. The van der Waals surface area contributed by atoms with Gasteiger partial charge in [0, 0.05) is 18.7 Å². The van der Waals surface area contributed by atoms with Gasteiger partial charge in [0.1, 0.15) is 5.82 Å². The molecule has 0 aromatic heterocycles. The van der Waals surface area contributed by atoms with Gasteiger partial charge in [0.05, 0.1) is 17.1 Å². The maximum Gasteiger partial charge on any atom is 0.335 e. The summed E-state index contributed by atoms with van der Waals surface area (Å²) in [5.41, 5.74) is 2.98. The Morgan fingerprint density at radius 2 is 1.55 bits per heavy atom. The average molecular weight is 769 g/mol. The smallest absolute Gasteiger partial charge is 0.335 e. The van der Waals surface area contributed by atoms with Crippen molar-refractivity contribution in [2.45, 2.75) is 125 Å². The van der Waals surface area contributed by atoms with Crippen molar-refractivity contribution in [2.75, 3.05) is 13.1 Å². The van der Waals surface area contributed by atoms with Crippen molar-refractivity contribution < 1.29 is 29.0 Å². The Kier molecular flexibility index (Phi) is 10.7. The first-order valence-electron chi connectivity index (χ1n) is 21.4. The minimum absolute atomic E-state index is 0.0707. The van der Waals surface area contributed by atoms with E-state index in [2.05, 4.69) is 58.8 Å². The molecule has 10 atom stereocenters. The van der Waals surface area contributed by atoms with E-state index in [-0.39, 0.29) is 64.0 Å². The van der Waals surface area contributed by atoms with Gasteiger partial charge >= 0.3 is 5.97 Å².